The van der Waals surface area contributed by atoms with Crippen LogP contribution >= 0.6 is 11.6 Å². The van der Waals surface area contributed by atoms with E-state index in [1.807, 2.05) is 5.48 Å². The van der Waals surface area contributed by atoms with Crippen molar-refractivity contribution < 1.29 is 19.2 Å². The number of carbonyl (C=O) groups is 2. The second kappa shape index (κ2) is 5.73. The summed E-state index contributed by atoms with van der Waals surface area (Å²) in [6, 6.07) is 6.18. The monoisotopic (exact) mass is 271 g/mol. The van der Waals surface area contributed by atoms with Crippen molar-refractivity contribution in [2.24, 2.45) is 0 Å². The molecule has 0 radical (unpaired) electrons. The highest BCUT2D eigenvalue weighted by atomic mass is 35.5. The lowest BCUT2D eigenvalue weighted by atomic mass is 10.2. The Morgan fingerprint density at radius 2 is 1.94 bits per heavy atom. The molecule has 0 fully saturated rings. The van der Waals surface area contributed by atoms with Crippen molar-refractivity contribution in [2.75, 3.05) is 0 Å². The van der Waals surface area contributed by atoms with Gasteiger partial charge in [-0.1, -0.05) is 17.7 Å². The Kier molecular flexibility index (Phi) is 4.55. The fourth-order valence-electron chi connectivity index (χ4n) is 1.06. The third kappa shape index (κ3) is 5.05. The Labute approximate surface area is 110 Å². The predicted octanol–water partition coefficient (Wildman–Crippen LogP) is 2.94. The zero-order valence-electron chi connectivity index (χ0n) is 10.3. The molecule has 5 nitrogen and oxygen atoms in total. The van der Waals surface area contributed by atoms with Gasteiger partial charge in [-0.25, -0.2) is 9.59 Å². The summed E-state index contributed by atoms with van der Waals surface area (Å²) in [7, 11) is 0. The standard InChI is InChI=1S/C12H14ClNO4/c1-12(2,3)17-11(16)14-18-10(15)8-5-4-6-9(13)7-8/h4-7H,1-3H3,(H,14,16). The number of nitrogens with one attached hydrogen (secondary N) is 1. The summed E-state index contributed by atoms with van der Waals surface area (Å²) in [6.07, 6.45) is -0.835. The van der Waals surface area contributed by atoms with Gasteiger partial charge in [0.05, 0.1) is 5.56 Å². The summed E-state index contributed by atoms with van der Waals surface area (Å²) in [6.45, 7) is 5.10. The van der Waals surface area contributed by atoms with Gasteiger partial charge in [0.15, 0.2) is 0 Å². The summed E-state index contributed by atoms with van der Waals surface area (Å²) in [4.78, 5) is 27.3. The molecule has 0 spiro atoms. The molecule has 1 aromatic carbocycles. The molecule has 0 atom stereocenters. The average Bonchev–Trinajstić information content (AvgIpc) is 2.23. The Balaban J connectivity index is 2.49. The Hall–Kier alpha value is -1.75. The van der Waals surface area contributed by atoms with Gasteiger partial charge < -0.3 is 9.57 Å². The largest absolute Gasteiger partial charge is 0.442 e. The van der Waals surface area contributed by atoms with Crippen LogP contribution in [0.15, 0.2) is 24.3 Å². The van der Waals surface area contributed by atoms with Crippen LogP contribution in [0.4, 0.5) is 4.79 Å². The van der Waals surface area contributed by atoms with Crippen molar-refractivity contribution >= 4 is 23.7 Å². The third-order valence-corrected chi connectivity index (χ3v) is 1.92. The second-order valence-electron chi connectivity index (χ2n) is 4.50. The predicted molar refractivity (Wildman–Crippen MR) is 66.2 cm³/mol. The maximum Gasteiger partial charge on any atom is 0.441 e. The SMILES string of the molecule is CC(C)(C)OC(=O)NOC(=O)c1cccc(Cl)c1. The van der Waals surface area contributed by atoms with Crippen LogP contribution < -0.4 is 5.48 Å². The molecule has 0 aliphatic carbocycles. The lowest BCUT2D eigenvalue weighted by Crippen LogP contribution is -2.34. The first kappa shape index (κ1) is 14.3. The molecule has 0 saturated heterocycles. The topological polar surface area (TPSA) is 64.6 Å². The van der Waals surface area contributed by atoms with E-state index in [-0.39, 0.29) is 5.56 Å². The van der Waals surface area contributed by atoms with E-state index in [0.717, 1.165) is 0 Å². The van der Waals surface area contributed by atoms with Crippen molar-refractivity contribution in [3.05, 3.63) is 34.9 Å². The molecule has 0 unspecified atom stereocenters. The highest BCUT2D eigenvalue weighted by Gasteiger charge is 2.17. The molecule has 0 aromatic heterocycles. The number of ether oxygens (including phenoxy) is 1. The summed E-state index contributed by atoms with van der Waals surface area (Å²) >= 11 is 5.72. The van der Waals surface area contributed by atoms with Crippen molar-refractivity contribution in [3.63, 3.8) is 0 Å². The molecule has 6 heteroatoms. The van der Waals surface area contributed by atoms with Gasteiger partial charge in [-0.2, -0.15) is 0 Å². The van der Waals surface area contributed by atoms with Crippen LogP contribution in [0.3, 0.4) is 0 Å². The van der Waals surface area contributed by atoms with E-state index >= 15 is 0 Å². The average molecular weight is 272 g/mol. The van der Waals surface area contributed by atoms with E-state index < -0.39 is 17.7 Å². The molecule has 98 valence electrons. The number of hydrogen-bond donors (Lipinski definition) is 1. The first-order valence-electron chi connectivity index (χ1n) is 5.24. The minimum absolute atomic E-state index is 0.235. The number of carbonyl (C=O) groups excluding carboxylic acids is 2. The summed E-state index contributed by atoms with van der Waals surface area (Å²) < 4.78 is 4.89. The van der Waals surface area contributed by atoms with Crippen LogP contribution in [0, 0.1) is 0 Å². The quantitative estimate of drug-likeness (QED) is 0.798. The van der Waals surface area contributed by atoms with Gasteiger partial charge in [-0.15, -0.1) is 5.48 Å². The van der Waals surface area contributed by atoms with E-state index in [2.05, 4.69) is 4.84 Å². The fraction of sp³-hybridized carbons (Fsp3) is 0.333. The highest BCUT2D eigenvalue weighted by molar-refractivity contribution is 6.30. The van der Waals surface area contributed by atoms with Crippen LogP contribution in [0.2, 0.25) is 5.02 Å². The molecule has 0 aliphatic rings. The number of hydroxylamine groups is 1. The van der Waals surface area contributed by atoms with Crippen LogP contribution in [0.5, 0.6) is 0 Å². The molecule has 0 heterocycles. The van der Waals surface area contributed by atoms with Gasteiger partial charge in [0.25, 0.3) is 0 Å². The van der Waals surface area contributed by atoms with Gasteiger partial charge >= 0.3 is 12.1 Å². The second-order valence-corrected chi connectivity index (χ2v) is 4.94. The van der Waals surface area contributed by atoms with Gasteiger partial charge in [0, 0.05) is 5.02 Å². The fourth-order valence-corrected chi connectivity index (χ4v) is 1.25. The first-order chi connectivity index (χ1) is 8.28. The minimum atomic E-state index is -0.835. The zero-order valence-corrected chi connectivity index (χ0v) is 11.1. The van der Waals surface area contributed by atoms with Gasteiger partial charge in [-0.3, -0.25) is 0 Å². The Bertz CT molecular complexity index is 454. The van der Waals surface area contributed by atoms with Crippen LogP contribution in [0.1, 0.15) is 31.1 Å². The molecule has 0 aliphatic heterocycles. The number of amides is 1. The number of benzene rings is 1. The van der Waals surface area contributed by atoms with E-state index in [1.165, 1.54) is 12.1 Å². The molecular weight excluding hydrogens is 258 g/mol. The smallest absolute Gasteiger partial charge is 0.441 e. The summed E-state index contributed by atoms with van der Waals surface area (Å²) in [5.74, 6) is -0.719. The maximum absolute atomic E-state index is 11.5. The maximum atomic E-state index is 11.5. The summed E-state index contributed by atoms with van der Waals surface area (Å²) in [5, 5.41) is 0.404. The molecule has 18 heavy (non-hydrogen) atoms. The van der Waals surface area contributed by atoms with Crippen LogP contribution in [-0.4, -0.2) is 17.7 Å². The van der Waals surface area contributed by atoms with E-state index in [9.17, 15) is 9.59 Å². The third-order valence-electron chi connectivity index (χ3n) is 1.69. The molecule has 0 bridgehead atoms. The van der Waals surface area contributed by atoms with Gasteiger partial charge in [0.1, 0.15) is 5.60 Å². The highest BCUT2D eigenvalue weighted by Crippen LogP contribution is 2.11. The number of rotatable bonds is 1. The lowest BCUT2D eigenvalue weighted by molar-refractivity contribution is -0.00129. The van der Waals surface area contributed by atoms with Crippen molar-refractivity contribution in [1.29, 1.82) is 0 Å². The van der Waals surface area contributed by atoms with Gasteiger partial charge in [-0.05, 0) is 39.0 Å². The minimum Gasteiger partial charge on any atom is -0.442 e. The molecule has 1 N–H and O–H groups in total. The van der Waals surface area contributed by atoms with Crippen molar-refractivity contribution in [2.45, 2.75) is 26.4 Å². The van der Waals surface area contributed by atoms with E-state index in [1.54, 1.807) is 32.9 Å². The van der Waals surface area contributed by atoms with E-state index in [0.29, 0.717) is 5.02 Å². The molecule has 1 amide bonds. The molecule has 0 saturated carbocycles. The molecule has 1 rings (SSSR count). The number of halogens is 1. The zero-order chi connectivity index (χ0) is 13.8. The van der Waals surface area contributed by atoms with E-state index in [4.69, 9.17) is 16.3 Å². The van der Waals surface area contributed by atoms with Crippen molar-refractivity contribution in [1.82, 2.24) is 5.48 Å². The molecular formula is C12H14ClNO4. The Morgan fingerprint density at radius 1 is 1.28 bits per heavy atom. The lowest BCUT2D eigenvalue weighted by Gasteiger charge is -2.19. The van der Waals surface area contributed by atoms with Gasteiger partial charge in [0.2, 0.25) is 0 Å². The number of hydrogen-bond acceptors (Lipinski definition) is 4. The normalized spacial score (nSPS) is 10.7. The summed E-state index contributed by atoms with van der Waals surface area (Å²) in [5.41, 5.74) is 1.48. The first-order valence-corrected chi connectivity index (χ1v) is 5.61. The van der Waals surface area contributed by atoms with Crippen molar-refractivity contribution in [3.8, 4) is 0 Å². The van der Waals surface area contributed by atoms with Crippen LogP contribution in [-0.2, 0) is 9.57 Å². The molecule has 1 aromatic rings. The van der Waals surface area contributed by atoms with Crippen LogP contribution in [0.25, 0.3) is 0 Å². The Morgan fingerprint density at radius 3 is 2.50 bits per heavy atom.